The molecule has 1 aliphatic rings. The number of aryl methyl sites for hydroxylation is 1. The fourth-order valence-electron chi connectivity index (χ4n) is 3.02. The van der Waals surface area contributed by atoms with Gasteiger partial charge in [-0.3, -0.25) is 10.2 Å². The fourth-order valence-corrected chi connectivity index (χ4v) is 3.23. The van der Waals surface area contributed by atoms with Crippen molar-refractivity contribution >= 4 is 35.0 Å². The van der Waals surface area contributed by atoms with Crippen LogP contribution in [0.2, 0.25) is 0 Å². The maximum atomic E-state index is 13.0. The van der Waals surface area contributed by atoms with Crippen LogP contribution in [0, 0.1) is 6.92 Å². The van der Waals surface area contributed by atoms with Crippen LogP contribution in [0.5, 0.6) is 0 Å². The second kappa shape index (κ2) is 7.13. The van der Waals surface area contributed by atoms with Crippen LogP contribution in [0.4, 0.5) is 10.5 Å². The third kappa shape index (κ3) is 3.25. The van der Waals surface area contributed by atoms with Crippen LogP contribution in [-0.4, -0.2) is 22.1 Å². The first-order chi connectivity index (χ1) is 12.5. The molecule has 3 amide bonds. The number of rotatable bonds is 4. The third-order valence-corrected chi connectivity index (χ3v) is 4.57. The minimum atomic E-state index is -1.09. The first-order valence-electron chi connectivity index (χ1n) is 8.33. The Labute approximate surface area is 157 Å². The molecule has 6 nitrogen and oxygen atoms in total. The maximum absolute atomic E-state index is 13.0. The van der Waals surface area contributed by atoms with Crippen molar-refractivity contribution in [2.24, 2.45) is 0 Å². The van der Waals surface area contributed by atoms with E-state index in [0.29, 0.717) is 6.42 Å². The summed E-state index contributed by atoms with van der Waals surface area (Å²) in [6.07, 6.45) is 0.428. The number of thiocarbonyl (C=S) groups is 1. The summed E-state index contributed by atoms with van der Waals surface area (Å²) in [5, 5.41) is 6.88. The van der Waals surface area contributed by atoms with Crippen molar-refractivity contribution in [3.05, 3.63) is 65.7 Å². The lowest BCUT2D eigenvalue weighted by Crippen LogP contribution is -2.49. The molecule has 1 heterocycles. The number of anilines is 1. The van der Waals surface area contributed by atoms with Crippen LogP contribution in [0.1, 0.15) is 24.5 Å². The Balaban J connectivity index is 1.77. The van der Waals surface area contributed by atoms with Crippen molar-refractivity contribution in [3.63, 3.8) is 0 Å². The Morgan fingerprint density at radius 2 is 1.88 bits per heavy atom. The lowest BCUT2D eigenvalue weighted by molar-refractivity contribution is -0.133. The van der Waals surface area contributed by atoms with Crippen LogP contribution < -0.4 is 16.1 Å². The number of hydrogen-bond donors (Lipinski definition) is 3. The van der Waals surface area contributed by atoms with Crippen LogP contribution in [0.25, 0.3) is 0 Å². The van der Waals surface area contributed by atoms with Crippen molar-refractivity contribution in [1.29, 1.82) is 0 Å². The monoisotopic (exact) mass is 368 g/mol. The molecule has 1 atom stereocenters. The quantitative estimate of drug-likeness (QED) is 0.571. The molecule has 3 N–H and O–H groups in total. The zero-order valence-electron chi connectivity index (χ0n) is 14.6. The summed E-state index contributed by atoms with van der Waals surface area (Å²) in [5.41, 5.74) is 4.19. The van der Waals surface area contributed by atoms with Crippen molar-refractivity contribution in [1.82, 2.24) is 15.8 Å². The summed E-state index contributed by atoms with van der Waals surface area (Å²) in [6, 6.07) is 16.3. The number of nitrogens with zero attached hydrogens (tertiary/aromatic N) is 1. The van der Waals surface area contributed by atoms with Gasteiger partial charge in [-0.1, -0.05) is 49.4 Å². The normalized spacial score (nSPS) is 19.2. The van der Waals surface area contributed by atoms with Crippen LogP contribution >= 0.6 is 12.2 Å². The molecule has 0 saturated carbocycles. The summed E-state index contributed by atoms with van der Waals surface area (Å²) >= 11 is 5.25. The molecule has 2 aromatic carbocycles. The highest BCUT2D eigenvalue weighted by molar-refractivity contribution is 7.80. The number of carbonyl (C=O) groups is 2. The number of carbonyl (C=O) groups excluding carboxylic acids is 2. The second-order valence-corrected chi connectivity index (χ2v) is 6.54. The molecule has 0 aromatic heterocycles. The molecule has 0 spiro atoms. The van der Waals surface area contributed by atoms with Crippen molar-refractivity contribution in [3.8, 4) is 0 Å². The molecule has 0 aliphatic carbocycles. The molecule has 7 heteroatoms. The van der Waals surface area contributed by atoms with E-state index in [9.17, 15) is 9.59 Å². The van der Waals surface area contributed by atoms with E-state index in [1.54, 1.807) is 0 Å². The van der Waals surface area contributed by atoms with Gasteiger partial charge in [0.2, 0.25) is 0 Å². The summed E-state index contributed by atoms with van der Waals surface area (Å²) in [4.78, 5) is 25.4. The summed E-state index contributed by atoms with van der Waals surface area (Å²) in [7, 11) is 0. The Morgan fingerprint density at radius 1 is 1.15 bits per heavy atom. The summed E-state index contributed by atoms with van der Waals surface area (Å²) in [5.74, 6) is -0.385. The number of imide groups is 1. The van der Waals surface area contributed by atoms with E-state index < -0.39 is 11.6 Å². The number of hydrazine groups is 1. The second-order valence-electron chi connectivity index (χ2n) is 6.13. The van der Waals surface area contributed by atoms with E-state index in [1.807, 2.05) is 68.4 Å². The molecular formula is C19H20N4O2S. The molecule has 26 heavy (non-hydrogen) atoms. The van der Waals surface area contributed by atoms with Crippen LogP contribution in [-0.2, 0) is 10.3 Å². The van der Waals surface area contributed by atoms with Gasteiger partial charge in [-0.25, -0.2) is 4.79 Å². The summed E-state index contributed by atoms with van der Waals surface area (Å²) in [6.45, 7) is 3.83. The van der Waals surface area contributed by atoms with Gasteiger partial charge in [0, 0.05) is 5.69 Å². The van der Waals surface area contributed by atoms with Gasteiger partial charge >= 0.3 is 6.03 Å². The van der Waals surface area contributed by atoms with Crippen molar-refractivity contribution in [2.45, 2.75) is 25.8 Å². The van der Waals surface area contributed by atoms with E-state index in [4.69, 9.17) is 12.2 Å². The van der Waals surface area contributed by atoms with E-state index in [2.05, 4.69) is 16.1 Å². The van der Waals surface area contributed by atoms with Gasteiger partial charge in [0.25, 0.3) is 5.91 Å². The molecular weight excluding hydrogens is 348 g/mol. The molecule has 0 radical (unpaired) electrons. The molecule has 134 valence electrons. The number of hydrogen-bond acceptors (Lipinski definition) is 3. The molecule has 0 unspecified atom stereocenters. The average molecular weight is 368 g/mol. The van der Waals surface area contributed by atoms with Gasteiger partial charge in [-0.15, -0.1) is 0 Å². The number of amides is 3. The van der Waals surface area contributed by atoms with Crippen LogP contribution in [0.15, 0.2) is 54.6 Å². The largest absolute Gasteiger partial charge is 0.344 e. The highest BCUT2D eigenvalue weighted by Crippen LogP contribution is 2.31. The Bertz CT molecular complexity index is 856. The van der Waals surface area contributed by atoms with Gasteiger partial charge in [-0.2, -0.15) is 5.01 Å². The molecule has 1 fully saturated rings. The topological polar surface area (TPSA) is 73.5 Å². The zero-order chi connectivity index (χ0) is 18.7. The predicted molar refractivity (Wildman–Crippen MR) is 104 cm³/mol. The fraction of sp³-hybridized carbons (Fsp3) is 0.211. The Morgan fingerprint density at radius 3 is 2.54 bits per heavy atom. The lowest BCUT2D eigenvalue weighted by atomic mass is 9.87. The summed E-state index contributed by atoms with van der Waals surface area (Å²) < 4.78 is 0. The highest BCUT2D eigenvalue weighted by atomic mass is 32.1. The Hall–Kier alpha value is -2.93. The van der Waals surface area contributed by atoms with Crippen LogP contribution in [0.3, 0.4) is 0 Å². The van der Waals surface area contributed by atoms with Gasteiger partial charge in [0.1, 0.15) is 5.54 Å². The van der Waals surface area contributed by atoms with Gasteiger partial charge in [0.15, 0.2) is 5.11 Å². The number of nitrogens with one attached hydrogen (secondary N) is 3. The Kier molecular flexibility index (Phi) is 4.90. The zero-order valence-corrected chi connectivity index (χ0v) is 15.4. The third-order valence-electron chi connectivity index (χ3n) is 4.38. The maximum Gasteiger partial charge on any atom is 0.344 e. The van der Waals surface area contributed by atoms with Crippen molar-refractivity contribution < 1.29 is 9.59 Å². The minimum absolute atomic E-state index is 0.166. The predicted octanol–water partition coefficient (Wildman–Crippen LogP) is 3.05. The number of urea groups is 1. The standard InChI is InChI=1S/C19H20N4O2S/c1-3-19(14-9-5-4-6-10-14)16(24)23(18(25)21-19)22-17(26)20-15-11-7-8-13(2)12-15/h4-12H,3H2,1-2H3,(H,21,25)(H2,20,22,26)/t19-/m1/s1. The van der Waals surface area contributed by atoms with Gasteiger partial charge < -0.3 is 10.6 Å². The highest BCUT2D eigenvalue weighted by Gasteiger charge is 2.51. The first-order valence-corrected chi connectivity index (χ1v) is 8.73. The van der Waals surface area contributed by atoms with E-state index >= 15 is 0 Å². The molecule has 1 saturated heterocycles. The van der Waals surface area contributed by atoms with Crippen molar-refractivity contribution in [2.75, 3.05) is 5.32 Å². The van der Waals surface area contributed by atoms with E-state index in [1.165, 1.54) is 0 Å². The molecule has 3 rings (SSSR count). The lowest BCUT2D eigenvalue weighted by Gasteiger charge is -2.25. The molecule has 1 aliphatic heterocycles. The SMILES string of the molecule is CC[C@]1(c2ccccc2)NC(=O)N(NC(=S)Nc2cccc(C)c2)C1=O. The minimum Gasteiger partial charge on any atom is -0.331 e. The van der Waals surface area contributed by atoms with Gasteiger partial charge in [0.05, 0.1) is 0 Å². The number of benzene rings is 2. The first kappa shape index (κ1) is 17.9. The molecule has 2 aromatic rings. The van der Waals surface area contributed by atoms with E-state index in [-0.39, 0.29) is 11.0 Å². The van der Waals surface area contributed by atoms with E-state index in [0.717, 1.165) is 21.8 Å². The van der Waals surface area contributed by atoms with Gasteiger partial charge in [-0.05, 0) is 48.8 Å². The average Bonchev–Trinajstić information content (AvgIpc) is 2.87. The smallest absolute Gasteiger partial charge is 0.331 e. The molecule has 0 bridgehead atoms.